The summed E-state index contributed by atoms with van der Waals surface area (Å²) in [7, 11) is 7.08. The van der Waals surface area contributed by atoms with Gasteiger partial charge in [0.05, 0.1) is 55.9 Å². The van der Waals surface area contributed by atoms with Gasteiger partial charge in [-0.05, 0) is 79.6 Å². The van der Waals surface area contributed by atoms with Crippen molar-refractivity contribution in [3.63, 3.8) is 0 Å². The van der Waals surface area contributed by atoms with E-state index < -0.39 is 29.7 Å². The first-order valence-corrected chi connectivity index (χ1v) is 19.7. The van der Waals surface area contributed by atoms with E-state index in [1.165, 1.54) is 12.1 Å². The normalized spacial score (nSPS) is 17.1. The molecule has 3 aliphatic rings. The second-order valence-corrected chi connectivity index (χ2v) is 15.1. The van der Waals surface area contributed by atoms with Crippen LogP contribution in [0.4, 0.5) is 0 Å². The lowest BCUT2D eigenvalue weighted by Crippen LogP contribution is -2.54. The van der Waals surface area contributed by atoms with Crippen molar-refractivity contribution in [1.29, 1.82) is 0 Å². The van der Waals surface area contributed by atoms with Crippen LogP contribution in [-0.2, 0) is 32.7 Å². The standard InChI is InChI=1S/C43H48N6O10/c1-46(24-34-36(56-3)19-27(20-37(34)57-4)33-25-47(2)41(53)32-22-44-13-9-29(32)33)23-26-10-14-48(15-11-26)39(51)12-16-58-17-18-59-28-5-6-30-31(21-28)43(55)49(42(30)54)35-7-8-38(50)45-40(35)52/h5-6,9,13,19-22,25-26,35H,7-8,10-12,14-18,23-24H2,1-4H3,(H,45,50,52). The number of rotatable bonds is 15. The zero-order chi connectivity index (χ0) is 41.8. The van der Waals surface area contributed by atoms with Crippen molar-refractivity contribution in [2.75, 3.05) is 60.7 Å². The number of ether oxygens (including phenoxy) is 4. The summed E-state index contributed by atoms with van der Waals surface area (Å²) < 4.78 is 24.7. The number of carbonyl (C=O) groups is 5. The maximum Gasteiger partial charge on any atom is 0.262 e. The number of likely N-dealkylation sites (tertiary alicyclic amines) is 1. The summed E-state index contributed by atoms with van der Waals surface area (Å²) in [4.78, 5) is 84.8. The van der Waals surface area contributed by atoms with Crippen molar-refractivity contribution in [2.45, 2.75) is 44.7 Å². The minimum atomic E-state index is -1.04. The van der Waals surface area contributed by atoms with E-state index in [9.17, 15) is 28.8 Å². The van der Waals surface area contributed by atoms with Crippen molar-refractivity contribution < 1.29 is 42.9 Å². The van der Waals surface area contributed by atoms with Crippen LogP contribution in [0.15, 0.2) is 59.8 Å². The number of imide groups is 2. The molecule has 3 aliphatic heterocycles. The third-order valence-electron chi connectivity index (χ3n) is 11.2. The van der Waals surface area contributed by atoms with E-state index in [0.717, 1.165) is 46.4 Å². The maximum atomic E-state index is 13.1. The van der Waals surface area contributed by atoms with Gasteiger partial charge in [0, 0.05) is 63.8 Å². The molecule has 0 aliphatic carbocycles. The van der Waals surface area contributed by atoms with Crippen LogP contribution in [-0.4, -0.2) is 121 Å². The minimum Gasteiger partial charge on any atom is -0.496 e. The average Bonchev–Trinajstić information content (AvgIpc) is 3.48. The molecule has 0 radical (unpaired) electrons. The van der Waals surface area contributed by atoms with Crippen LogP contribution < -0.4 is 25.1 Å². The summed E-state index contributed by atoms with van der Waals surface area (Å²) in [5.41, 5.74) is 2.86. The molecule has 0 spiro atoms. The zero-order valence-electron chi connectivity index (χ0n) is 33.7. The number of hydrogen-bond donors (Lipinski definition) is 1. The molecule has 1 unspecified atom stereocenters. The van der Waals surface area contributed by atoms with Crippen LogP contribution >= 0.6 is 0 Å². The van der Waals surface area contributed by atoms with Crippen molar-refractivity contribution >= 4 is 40.3 Å². The number of benzene rings is 2. The summed E-state index contributed by atoms with van der Waals surface area (Å²) in [6.07, 6.45) is 7.23. The first-order valence-electron chi connectivity index (χ1n) is 19.7. The molecule has 2 saturated heterocycles. The quantitative estimate of drug-likeness (QED) is 0.137. The summed E-state index contributed by atoms with van der Waals surface area (Å²) >= 11 is 0. The molecular formula is C43H48N6O10. The molecule has 5 heterocycles. The Kier molecular flexibility index (Phi) is 12.4. The van der Waals surface area contributed by atoms with Crippen LogP contribution in [0.5, 0.6) is 17.2 Å². The first kappa shape index (κ1) is 41.0. The lowest BCUT2D eigenvalue weighted by molar-refractivity contribution is -0.136. The fraction of sp³-hybridized carbons (Fsp3) is 0.419. The first-order chi connectivity index (χ1) is 28.5. The summed E-state index contributed by atoms with van der Waals surface area (Å²) in [5, 5.41) is 3.53. The monoisotopic (exact) mass is 808 g/mol. The number of aryl methyl sites for hydroxylation is 1. The summed E-state index contributed by atoms with van der Waals surface area (Å²) in [5.74, 6) is -0.0881. The lowest BCUT2D eigenvalue weighted by Gasteiger charge is -2.34. The highest BCUT2D eigenvalue weighted by molar-refractivity contribution is 6.23. The van der Waals surface area contributed by atoms with E-state index in [-0.39, 0.29) is 61.7 Å². The van der Waals surface area contributed by atoms with Crippen molar-refractivity contribution in [2.24, 2.45) is 13.0 Å². The van der Waals surface area contributed by atoms with Gasteiger partial charge in [-0.25, -0.2) is 0 Å². The lowest BCUT2D eigenvalue weighted by atomic mass is 9.95. The molecule has 16 nitrogen and oxygen atoms in total. The van der Waals surface area contributed by atoms with E-state index in [1.807, 2.05) is 29.3 Å². The number of hydrogen-bond acceptors (Lipinski definition) is 12. The van der Waals surface area contributed by atoms with E-state index in [0.29, 0.717) is 48.2 Å². The van der Waals surface area contributed by atoms with Crippen LogP contribution in [0.2, 0.25) is 0 Å². The highest BCUT2D eigenvalue weighted by Gasteiger charge is 2.44. The fourth-order valence-electron chi connectivity index (χ4n) is 8.16. The van der Waals surface area contributed by atoms with Gasteiger partial charge in [-0.2, -0.15) is 0 Å². The Labute approximate surface area is 341 Å². The van der Waals surface area contributed by atoms with Gasteiger partial charge in [0.2, 0.25) is 17.7 Å². The van der Waals surface area contributed by atoms with Crippen LogP contribution in [0, 0.1) is 5.92 Å². The molecule has 0 saturated carbocycles. The number of methoxy groups -OCH3 is 2. The molecule has 2 fully saturated rings. The van der Waals surface area contributed by atoms with Crippen molar-refractivity contribution in [3.8, 4) is 28.4 Å². The van der Waals surface area contributed by atoms with E-state index in [1.54, 1.807) is 44.3 Å². The van der Waals surface area contributed by atoms with Crippen molar-refractivity contribution in [3.05, 3.63) is 82.0 Å². The van der Waals surface area contributed by atoms with Crippen LogP contribution in [0.25, 0.3) is 21.9 Å². The molecule has 59 heavy (non-hydrogen) atoms. The largest absolute Gasteiger partial charge is 0.496 e. The molecule has 0 bridgehead atoms. The SMILES string of the molecule is COc1cc(-c2cn(C)c(=O)c3cnccc23)cc(OC)c1CN(C)CC1CCN(C(=O)CCOCCOc2ccc3c(c2)C(=O)N(C2CCC(=O)NC2=O)C3=O)CC1. The smallest absolute Gasteiger partial charge is 0.262 e. The highest BCUT2D eigenvalue weighted by atomic mass is 16.5. The Hall–Kier alpha value is -6.13. The Morgan fingerprint density at radius 2 is 1.61 bits per heavy atom. The van der Waals surface area contributed by atoms with Gasteiger partial charge in [0.25, 0.3) is 17.4 Å². The van der Waals surface area contributed by atoms with Gasteiger partial charge in [-0.1, -0.05) is 0 Å². The molecule has 4 aromatic rings. The molecule has 2 aromatic heterocycles. The predicted molar refractivity (Wildman–Crippen MR) is 215 cm³/mol. The van der Waals surface area contributed by atoms with Gasteiger partial charge in [-0.3, -0.25) is 44.0 Å². The number of fused-ring (bicyclic) bond motifs is 2. The number of piperidine rings is 2. The topological polar surface area (TPSA) is 179 Å². The fourth-order valence-corrected chi connectivity index (χ4v) is 8.16. The van der Waals surface area contributed by atoms with E-state index in [4.69, 9.17) is 18.9 Å². The third kappa shape index (κ3) is 8.69. The Balaban J connectivity index is 0.839. The number of pyridine rings is 2. The number of amides is 5. The number of nitrogens with zero attached hydrogens (tertiary/aromatic N) is 5. The summed E-state index contributed by atoms with van der Waals surface area (Å²) in [6.45, 7) is 3.39. The maximum absolute atomic E-state index is 13.1. The molecule has 5 amide bonds. The minimum absolute atomic E-state index is 0.0391. The Bertz CT molecular complexity index is 2330. The molecule has 1 N–H and O–H groups in total. The van der Waals surface area contributed by atoms with Gasteiger partial charge in [-0.15, -0.1) is 0 Å². The summed E-state index contributed by atoms with van der Waals surface area (Å²) in [6, 6.07) is 9.30. The third-order valence-corrected chi connectivity index (χ3v) is 11.2. The van der Waals surface area contributed by atoms with Crippen LogP contribution in [0.3, 0.4) is 0 Å². The highest BCUT2D eigenvalue weighted by Crippen LogP contribution is 2.38. The molecular weight excluding hydrogens is 761 g/mol. The van der Waals surface area contributed by atoms with Crippen molar-refractivity contribution in [1.82, 2.24) is 29.6 Å². The molecule has 16 heteroatoms. The predicted octanol–water partition coefficient (Wildman–Crippen LogP) is 3.18. The van der Waals surface area contributed by atoms with Gasteiger partial charge < -0.3 is 33.3 Å². The Morgan fingerprint density at radius 1 is 0.881 bits per heavy atom. The van der Waals surface area contributed by atoms with Crippen LogP contribution in [0.1, 0.15) is 58.4 Å². The van der Waals surface area contributed by atoms with E-state index in [2.05, 4.69) is 22.2 Å². The second-order valence-electron chi connectivity index (χ2n) is 15.1. The molecule has 1 atom stereocenters. The number of nitrogens with one attached hydrogen (secondary N) is 1. The second kappa shape index (κ2) is 17.8. The average molecular weight is 809 g/mol. The number of carbonyl (C=O) groups excluding carboxylic acids is 5. The zero-order valence-corrected chi connectivity index (χ0v) is 33.7. The van der Waals surface area contributed by atoms with Gasteiger partial charge >= 0.3 is 0 Å². The molecule has 7 rings (SSSR count). The molecule has 310 valence electrons. The van der Waals surface area contributed by atoms with Gasteiger partial charge in [0.15, 0.2) is 0 Å². The number of aromatic nitrogens is 2. The Morgan fingerprint density at radius 3 is 2.32 bits per heavy atom. The van der Waals surface area contributed by atoms with Gasteiger partial charge in [0.1, 0.15) is 29.9 Å². The van der Waals surface area contributed by atoms with E-state index >= 15 is 0 Å². The molecule has 2 aromatic carbocycles.